The van der Waals surface area contributed by atoms with Gasteiger partial charge in [-0.15, -0.1) is 0 Å². The van der Waals surface area contributed by atoms with Gasteiger partial charge in [0.15, 0.2) is 0 Å². The van der Waals surface area contributed by atoms with Crippen LogP contribution < -0.4 is 0 Å². The Hall–Kier alpha value is -1.06. The first-order valence-electron chi connectivity index (χ1n) is 6.41. The van der Waals surface area contributed by atoms with Crippen LogP contribution in [0.3, 0.4) is 0 Å². The van der Waals surface area contributed by atoms with Gasteiger partial charge in [-0.05, 0) is 31.1 Å². The van der Waals surface area contributed by atoms with Crippen LogP contribution >= 0.6 is 0 Å². The monoisotopic (exact) mass is 241 g/mol. The van der Waals surface area contributed by atoms with Crippen molar-refractivity contribution in [3.8, 4) is 0 Å². The molecule has 0 aromatic heterocycles. The summed E-state index contributed by atoms with van der Waals surface area (Å²) in [5.41, 5.74) is 0. The number of carboxylic acid groups (broad SMARTS) is 1. The molecule has 1 fully saturated rings. The molecule has 0 aromatic carbocycles. The molecular formula is C13H23NO3. The minimum absolute atomic E-state index is 0.00282. The minimum atomic E-state index is -0.915. The van der Waals surface area contributed by atoms with Crippen LogP contribution in [0.2, 0.25) is 0 Å². The molecule has 0 spiro atoms. The lowest BCUT2D eigenvalue weighted by Crippen LogP contribution is -2.38. The summed E-state index contributed by atoms with van der Waals surface area (Å²) in [6.07, 6.45) is 3.40. The number of hydrogen-bond donors (Lipinski definition) is 1. The van der Waals surface area contributed by atoms with Crippen molar-refractivity contribution in [2.45, 2.75) is 52.5 Å². The van der Waals surface area contributed by atoms with Crippen molar-refractivity contribution in [3.05, 3.63) is 0 Å². The summed E-state index contributed by atoms with van der Waals surface area (Å²) in [5.74, 6) is -0.00555. The summed E-state index contributed by atoms with van der Waals surface area (Å²) in [6, 6.07) is 0.185. The van der Waals surface area contributed by atoms with Crippen LogP contribution in [0.4, 0.5) is 0 Å². The maximum absolute atomic E-state index is 12.0. The molecule has 4 nitrogen and oxygen atoms in total. The van der Waals surface area contributed by atoms with Gasteiger partial charge in [-0.2, -0.15) is 0 Å². The number of carbonyl (C=O) groups excluding carboxylic acids is 1. The normalized spacial score (nSPS) is 16.9. The van der Waals surface area contributed by atoms with Gasteiger partial charge in [0.1, 0.15) is 6.54 Å². The predicted octanol–water partition coefficient (Wildman–Crippen LogP) is 2.13. The second kappa shape index (κ2) is 6.03. The molecule has 1 amide bonds. The van der Waals surface area contributed by atoms with Crippen molar-refractivity contribution >= 4 is 11.9 Å². The number of hydrogen-bond acceptors (Lipinski definition) is 2. The van der Waals surface area contributed by atoms with Crippen LogP contribution in [-0.2, 0) is 9.59 Å². The van der Waals surface area contributed by atoms with Crippen LogP contribution in [0.15, 0.2) is 0 Å². The molecule has 17 heavy (non-hydrogen) atoms. The smallest absolute Gasteiger partial charge is 0.323 e. The summed E-state index contributed by atoms with van der Waals surface area (Å²) in [6.45, 7) is 6.19. The SMILES string of the molecule is CC(C)CC(C)CC(=O)N(CC(=O)O)C1CC1. The van der Waals surface area contributed by atoms with Crippen LogP contribution in [0, 0.1) is 11.8 Å². The second-order valence-corrected chi connectivity index (χ2v) is 5.59. The average molecular weight is 241 g/mol. The molecule has 4 heteroatoms. The lowest BCUT2D eigenvalue weighted by molar-refractivity contribution is -0.145. The van der Waals surface area contributed by atoms with Crippen molar-refractivity contribution in [3.63, 3.8) is 0 Å². The van der Waals surface area contributed by atoms with Gasteiger partial charge in [-0.3, -0.25) is 9.59 Å². The van der Waals surface area contributed by atoms with E-state index in [0.717, 1.165) is 19.3 Å². The van der Waals surface area contributed by atoms with E-state index in [9.17, 15) is 9.59 Å². The summed E-state index contributed by atoms with van der Waals surface area (Å²) in [4.78, 5) is 24.3. The van der Waals surface area contributed by atoms with E-state index in [2.05, 4.69) is 20.8 Å². The standard InChI is InChI=1S/C13H23NO3/c1-9(2)6-10(3)7-12(15)14(8-13(16)17)11-4-5-11/h9-11H,4-8H2,1-3H3,(H,16,17). The highest BCUT2D eigenvalue weighted by molar-refractivity contribution is 5.82. The van der Waals surface area contributed by atoms with Gasteiger partial charge in [0, 0.05) is 12.5 Å². The summed E-state index contributed by atoms with van der Waals surface area (Å²) in [5, 5.41) is 8.80. The Bertz CT molecular complexity index is 284. The lowest BCUT2D eigenvalue weighted by Gasteiger charge is -2.22. The zero-order valence-corrected chi connectivity index (χ0v) is 11.0. The summed E-state index contributed by atoms with van der Waals surface area (Å²) < 4.78 is 0. The molecule has 0 radical (unpaired) electrons. The molecule has 0 heterocycles. The van der Waals surface area contributed by atoms with E-state index in [1.165, 1.54) is 0 Å². The molecular weight excluding hydrogens is 218 g/mol. The number of carboxylic acids is 1. The molecule has 1 unspecified atom stereocenters. The highest BCUT2D eigenvalue weighted by Crippen LogP contribution is 2.28. The zero-order valence-electron chi connectivity index (χ0n) is 11.0. The Morgan fingerprint density at radius 2 is 1.88 bits per heavy atom. The Morgan fingerprint density at radius 3 is 2.29 bits per heavy atom. The van der Waals surface area contributed by atoms with Crippen molar-refractivity contribution in [1.29, 1.82) is 0 Å². The topological polar surface area (TPSA) is 57.6 Å². The molecule has 1 rings (SSSR count). The molecule has 1 saturated carbocycles. The summed E-state index contributed by atoms with van der Waals surface area (Å²) >= 11 is 0. The Balaban J connectivity index is 2.44. The fourth-order valence-corrected chi connectivity index (χ4v) is 2.26. The van der Waals surface area contributed by atoms with E-state index >= 15 is 0 Å². The Labute approximate surface area is 103 Å². The first-order chi connectivity index (χ1) is 7.90. The summed E-state index contributed by atoms with van der Waals surface area (Å²) in [7, 11) is 0. The molecule has 0 aromatic rings. The first-order valence-corrected chi connectivity index (χ1v) is 6.41. The third-order valence-corrected chi connectivity index (χ3v) is 3.01. The maximum atomic E-state index is 12.0. The van der Waals surface area contributed by atoms with Gasteiger partial charge in [0.05, 0.1) is 0 Å². The third-order valence-electron chi connectivity index (χ3n) is 3.01. The molecule has 0 bridgehead atoms. The fraction of sp³-hybridized carbons (Fsp3) is 0.846. The van der Waals surface area contributed by atoms with Crippen molar-refractivity contribution < 1.29 is 14.7 Å². The van der Waals surface area contributed by atoms with Crippen LogP contribution in [0.5, 0.6) is 0 Å². The third kappa shape index (κ3) is 5.20. The van der Waals surface area contributed by atoms with Gasteiger partial charge in [-0.25, -0.2) is 0 Å². The zero-order chi connectivity index (χ0) is 13.0. The highest BCUT2D eigenvalue weighted by atomic mass is 16.4. The lowest BCUT2D eigenvalue weighted by atomic mass is 9.95. The fourth-order valence-electron chi connectivity index (χ4n) is 2.26. The van der Waals surface area contributed by atoms with E-state index in [4.69, 9.17) is 5.11 Å². The molecule has 1 aliphatic rings. The van der Waals surface area contributed by atoms with Crippen molar-refractivity contribution in [2.24, 2.45) is 11.8 Å². The largest absolute Gasteiger partial charge is 0.480 e. The van der Waals surface area contributed by atoms with Crippen molar-refractivity contribution in [2.75, 3.05) is 6.54 Å². The van der Waals surface area contributed by atoms with Gasteiger partial charge in [0.25, 0.3) is 0 Å². The highest BCUT2D eigenvalue weighted by Gasteiger charge is 2.34. The maximum Gasteiger partial charge on any atom is 0.323 e. The van der Waals surface area contributed by atoms with E-state index in [0.29, 0.717) is 18.3 Å². The van der Waals surface area contributed by atoms with Gasteiger partial charge < -0.3 is 10.0 Å². The Morgan fingerprint density at radius 1 is 1.29 bits per heavy atom. The molecule has 0 saturated heterocycles. The number of aliphatic carboxylic acids is 1. The number of rotatable bonds is 7. The second-order valence-electron chi connectivity index (χ2n) is 5.59. The predicted molar refractivity (Wildman–Crippen MR) is 65.6 cm³/mol. The first kappa shape index (κ1) is 14.0. The van der Waals surface area contributed by atoms with E-state index < -0.39 is 5.97 Å². The number of amides is 1. The molecule has 0 aliphatic heterocycles. The van der Waals surface area contributed by atoms with Crippen LogP contribution in [-0.4, -0.2) is 34.5 Å². The van der Waals surface area contributed by atoms with Gasteiger partial charge >= 0.3 is 5.97 Å². The van der Waals surface area contributed by atoms with Gasteiger partial charge in [-0.1, -0.05) is 20.8 Å². The Kier molecular flexibility index (Phi) is 4.97. The molecule has 1 atom stereocenters. The quantitative estimate of drug-likeness (QED) is 0.743. The van der Waals surface area contributed by atoms with Crippen molar-refractivity contribution in [1.82, 2.24) is 4.90 Å². The number of carbonyl (C=O) groups is 2. The van der Waals surface area contributed by atoms with Crippen LogP contribution in [0.25, 0.3) is 0 Å². The van der Waals surface area contributed by atoms with E-state index in [1.807, 2.05) is 0 Å². The van der Waals surface area contributed by atoms with E-state index in [-0.39, 0.29) is 18.5 Å². The molecule has 1 aliphatic carbocycles. The minimum Gasteiger partial charge on any atom is -0.480 e. The number of nitrogens with zero attached hydrogens (tertiary/aromatic N) is 1. The van der Waals surface area contributed by atoms with Gasteiger partial charge in [0.2, 0.25) is 5.91 Å². The van der Waals surface area contributed by atoms with E-state index in [1.54, 1.807) is 4.90 Å². The molecule has 1 N–H and O–H groups in total. The van der Waals surface area contributed by atoms with Crippen LogP contribution in [0.1, 0.15) is 46.5 Å². The average Bonchev–Trinajstić information content (AvgIpc) is 2.94. The molecule has 98 valence electrons.